The van der Waals surface area contributed by atoms with Gasteiger partial charge in [0.1, 0.15) is 29.0 Å². The summed E-state index contributed by atoms with van der Waals surface area (Å²) in [5, 5.41) is 3.34. The second-order valence-corrected chi connectivity index (χ2v) is 8.05. The summed E-state index contributed by atoms with van der Waals surface area (Å²) in [4.78, 5) is 19.4. The predicted octanol–water partition coefficient (Wildman–Crippen LogP) is 5.35. The highest BCUT2D eigenvalue weighted by molar-refractivity contribution is 5.78. The van der Waals surface area contributed by atoms with Crippen molar-refractivity contribution in [2.75, 3.05) is 11.9 Å². The van der Waals surface area contributed by atoms with Gasteiger partial charge in [-0.1, -0.05) is 20.3 Å². The second kappa shape index (κ2) is 8.88. The molecule has 0 radical (unpaired) electrons. The number of aromatic nitrogens is 2. The molecule has 4 rings (SSSR count). The van der Waals surface area contributed by atoms with E-state index in [1.807, 2.05) is 4.90 Å². The van der Waals surface area contributed by atoms with E-state index < -0.39 is 0 Å². The van der Waals surface area contributed by atoms with Gasteiger partial charge < -0.3 is 14.8 Å². The van der Waals surface area contributed by atoms with E-state index in [1.54, 1.807) is 24.3 Å². The molecule has 0 bridgehead atoms. The number of anilines is 2. The Morgan fingerprint density at radius 3 is 2.35 bits per heavy atom. The van der Waals surface area contributed by atoms with Crippen molar-refractivity contribution >= 4 is 17.4 Å². The molecular formula is C24H26F2N4O. The van der Waals surface area contributed by atoms with Gasteiger partial charge in [0.05, 0.1) is 6.54 Å². The molecule has 1 aliphatic heterocycles. The molecule has 162 valence electrons. The van der Waals surface area contributed by atoms with Gasteiger partial charge in [-0.2, -0.15) is 0 Å². The van der Waals surface area contributed by atoms with E-state index in [9.17, 15) is 13.6 Å². The SMILES string of the molecule is CC[C@H](C)CC(=O)N1CCn2c(nc(-c3ccc(F)cc3)c2Nc2ccc(F)cc2)C1. The van der Waals surface area contributed by atoms with Crippen LogP contribution in [0.5, 0.6) is 0 Å². The van der Waals surface area contributed by atoms with E-state index in [0.717, 1.165) is 29.3 Å². The van der Waals surface area contributed by atoms with Gasteiger partial charge in [-0.3, -0.25) is 4.79 Å². The molecule has 1 aliphatic rings. The minimum absolute atomic E-state index is 0.139. The number of hydrogen-bond acceptors (Lipinski definition) is 3. The number of benzene rings is 2. The molecule has 0 saturated heterocycles. The van der Waals surface area contributed by atoms with E-state index >= 15 is 0 Å². The predicted molar refractivity (Wildman–Crippen MR) is 117 cm³/mol. The molecule has 0 saturated carbocycles. The first kappa shape index (κ1) is 21.0. The topological polar surface area (TPSA) is 50.2 Å². The Balaban J connectivity index is 1.68. The maximum absolute atomic E-state index is 13.5. The highest BCUT2D eigenvalue weighted by atomic mass is 19.1. The van der Waals surface area contributed by atoms with Crippen LogP contribution >= 0.6 is 0 Å². The van der Waals surface area contributed by atoms with Gasteiger partial charge in [0.2, 0.25) is 5.91 Å². The van der Waals surface area contributed by atoms with Crippen LogP contribution in [0.1, 0.15) is 32.5 Å². The smallest absolute Gasteiger partial charge is 0.223 e. The zero-order valence-electron chi connectivity index (χ0n) is 17.7. The lowest BCUT2D eigenvalue weighted by Crippen LogP contribution is -2.39. The summed E-state index contributed by atoms with van der Waals surface area (Å²) < 4.78 is 28.9. The van der Waals surface area contributed by atoms with Crippen LogP contribution in [0.15, 0.2) is 48.5 Å². The van der Waals surface area contributed by atoms with Gasteiger partial charge in [-0.15, -0.1) is 0 Å². The number of carbonyl (C=O) groups is 1. The molecule has 2 aromatic carbocycles. The number of fused-ring (bicyclic) bond motifs is 1. The Labute approximate surface area is 180 Å². The molecule has 0 aliphatic carbocycles. The molecule has 1 aromatic heterocycles. The molecule has 0 fully saturated rings. The van der Waals surface area contributed by atoms with Crippen LogP contribution in [0.3, 0.4) is 0 Å². The van der Waals surface area contributed by atoms with E-state index in [1.165, 1.54) is 24.3 Å². The maximum atomic E-state index is 13.5. The Morgan fingerprint density at radius 2 is 1.71 bits per heavy atom. The van der Waals surface area contributed by atoms with Crippen LogP contribution in [0, 0.1) is 17.6 Å². The number of amides is 1. The first-order valence-electron chi connectivity index (χ1n) is 10.6. The van der Waals surface area contributed by atoms with Gasteiger partial charge >= 0.3 is 0 Å². The Kier molecular flexibility index (Phi) is 6.02. The number of carbonyl (C=O) groups excluding carboxylic acids is 1. The van der Waals surface area contributed by atoms with Crippen molar-refractivity contribution < 1.29 is 13.6 Å². The van der Waals surface area contributed by atoms with E-state index in [2.05, 4.69) is 23.7 Å². The first-order chi connectivity index (χ1) is 14.9. The van der Waals surface area contributed by atoms with Crippen molar-refractivity contribution in [2.45, 2.75) is 39.8 Å². The van der Waals surface area contributed by atoms with Crippen LogP contribution in [0.4, 0.5) is 20.3 Å². The van der Waals surface area contributed by atoms with Crippen molar-refractivity contribution in [3.8, 4) is 11.3 Å². The van der Waals surface area contributed by atoms with Gasteiger partial charge in [-0.25, -0.2) is 13.8 Å². The summed E-state index contributed by atoms with van der Waals surface area (Å²) in [7, 11) is 0. The summed E-state index contributed by atoms with van der Waals surface area (Å²) in [6.45, 7) is 5.79. The minimum Gasteiger partial charge on any atom is -0.340 e. The second-order valence-electron chi connectivity index (χ2n) is 8.05. The highest BCUT2D eigenvalue weighted by Crippen LogP contribution is 2.33. The lowest BCUT2D eigenvalue weighted by atomic mass is 10.0. The molecule has 5 nitrogen and oxygen atoms in total. The van der Waals surface area contributed by atoms with Crippen molar-refractivity contribution in [1.29, 1.82) is 0 Å². The third-order valence-corrected chi connectivity index (χ3v) is 5.77. The first-order valence-corrected chi connectivity index (χ1v) is 10.6. The van der Waals surface area contributed by atoms with Crippen LogP contribution in [-0.4, -0.2) is 26.9 Å². The zero-order chi connectivity index (χ0) is 22.0. The number of imidazole rings is 1. The van der Waals surface area contributed by atoms with Crippen molar-refractivity contribution in [3.05, 3.63) is 66.0 Å². The molecule has 1 N–H and O–H groups in total. The fraction of sp³-hybridized carbons (Fsp3) is 0.333. The number of nitrogens with zero attached hydrogens (tertiary/aromatic N) is 3. The Hall–Kier alpha value is -3.22. The summed E-state index contributed by atoms with van der Waals surface area (Å²) in [5.41, 5.74) is 2.17. The molecule has 0 spiro atoms. The maximum Gasteiger partial charge on any atom is 0.223 e. The molecule has 31 heavy (non-hydrogen) atoms. The quantitative estimate of drug-likeness (QED) is 0.580. The van der Waals surface area contributed by atoms with Crippen LogP contribution in [-0.2, 0) is 17.9 Å². The number of hydrogen-bond donors (Lipinski definition) is 1. The molecule has 0 unspecified atom stereocenters. The van der Waals surface area contributed by atoms with Gasteiger partial charge in [0.15, 0.2) is 0 Å². The van der Waals surface area contributed by atoms with Gasteiger partial charge in [0.25, 0.3) is 0 Å². The molecule has 2 heterocycles. The van der Waals surface area contributed by atoms with Crippen LogP contribution < -0.4 is 5.32 Å². The lowest BCUT2D eigenvalue weighted by Gasteiger charge is -2.29. The normalized spacial score (nSPS) is 14.3. The van der Waals surface area contributed by atoms with Crippen molar-refractivity contribution in [1.82, 2.24) is 14.5 Å². The molecule has 1 amide bonds. The Morgan fingerprint density at radius 1 is 1.06 bits per heavy atom. The van der Waals surface area contributed by atoms with Crippen molar-refractivity contribution in [3.63, 3.8) is 0 Å². The zero-order valence-corrected chi connectivity index (χ0v) is 17.7. The molecule has 1 atom stereocenters. The number of nitrogens with one attached hydrogen (secondary N) is 1. The van der Waals surface area contributed by atoms with E-state index in [4.69, 9.17) is 4.98 Å². The standard InChI is InChI=1S/C24H26F2N4O/c1-3-16(2)14-22(31)29-12-13-30-21(15-29)28-23(17-4-6-18(25)7-5-17)24(30)27-20-10-8-19(26)9-11-20/h4-11,16,27H,3,12-15H2,1-2H3/t16-/m0/s1. The largest absolute Gasteiger partial charge is 0.340 e. The van der Waals surface area contributed by atoms with Crippen molar-refractivity contribution in [2.24, 2.45) is 5.92 Å². The monoisotopic (exact) mass is 424 g/mol. The van der Waals surface area contributed by atoms with Gasteiger partial charge in [0, 0.05) is 30.8 Å². The fourth-order valence-electron chi connectivity index (χ4n) is 3.72. The Bertz CT molecular complexity index is 1060. The molecule has 7 heteroatoms. The minimum atomic E-state index is -0.317. The summed E-state index contributed by atoms with van der Waals surface area (Å²) in [6.07, 6.45) is 1.50. The summed E-state index contributed by atoms with van der Waals surface area (Å²) >= 11 is 0. The summed E-state index contributed by atoms with van der Waals surface area (Å²) in [6, 6.07) is 12.3. The van der Waals surface area contributed by atoms with Gasteiger partial charge in [-0.05, 0) is 54.4 Å². The summed E-state index contributed by atoms with van der Waals surface area (Å²) in [5.74, 6) is 1.38. The van der Waals surface area contributed by atoms with E-state index in [-0.39, 0.29) is 17.5 Å². The molecule has 3 aromatic rings. The lowest BCUT2D eigenvalue weighted by molar-refractivity contribution is -0.133. The average Bonchev–Trinajstić information content (AvgIpc) is 3.13. The third-order valence-electron chi connectivity index (χ3n) is 5.77. The average molecular weight is 424 g/mol. The van der Waals surface area contributed by atoms with Crippen LogP contribution in [0.25, 0.3) is 11.3 Å². The number of rotatable bonds is 6. The van der Waals surface area contributed by atoms with Crippen LogP contribution in [0.2, 0.25) is 0 Å². The highest BCUT2D eigenvalue weighted by Gasteiger charge is 2.27. The third kappa shape index (κ3) is 4.60. The number of halogens is 2. The molecular weight excluding hydrogens is 398 g/mol. The van der Waals surface area contributed by atoms with E-state index in [0.29, 0.717) is 37.7 Å². The fourth-order valence-corrected chi connectivity index (χ4v) is 3.72.